The van der Waals surface area contributed by atoms with Gasteiger partial charge in [0.15, 0.2) is 11.5 Å². The molecule has 3 aliphatic rings. The summed E-state index contributed by atoms with van der Waals surface area (Å²) < 4.78 is 9.43. The average Bonchev–Trinajstić information content (AvgIpc) is 3.55. The quantitative estimate of drug-likeness (QED) is 0.342. The second-order valence-corrected chi connectivity index (χ2v) is 11.7. The topological polar surface area (TPSA) is 106 Å². The molecule has 3 aliphatic heterocycles. The number of nitrogens with two attached hydrogens (primary N) is 1. The highest BCUT2D eigenvalue weighted by Crippen LogP contribution is 2.30. The van der Waals surface area contributed by atoms with E-state index in [1.54, 1.807) is 4.57 Å². The number of likely N-dealkylation sites (tertiary alicyclic amines) is 2. The largest absolute Gasteiger partial charge is 0.457 e. The molecular weight excluding hydrogens is 516 g/mol. The van der Waals surface area contributed by atoms with Crippen LogP contribution in [-0.2, 0) is 0 Å². The van der Waals surface area contributed by atoms with E-state index in [9.17, 15) is 4.79 Å². The van der Waals surface area contributed by atoms with Crippen LogP contribution in [0.2, 0.25) is 0 Å². The van der Waals surface area contributed by atoms with E-state index in [2.05, 4.69) is 25.1 Å². The van der Waals surface area contributed by atoms with Gasteiger partial charge in [-0.2, -0.15) is 0 Å². The fourth-order valence-electron chi connectivity index (χ4n) is 6.65. The van der Waals surface area contributed by atoms with Crippen molar-refractivity contribution in [1.82, 2.24) is 34.2 Å². The minimum atomic E-state index is -0.131. The highest BCUT2D eigenvalue weighted by atomic mass is 16.5. The molecule has 0 aliphatic carbocycles. The molecule has 10 nitrogen and oxygen atoms in total. The Bertz CT molecular complexity index is 1540. The van der Waals surface area contributed by atoms with E-state index in [4.69, 9.17) is 10.5 Å². The maximum absolute atomic E-state index is 14.0. The Hall–Kier alpha value is -3.73. The summed E-state index contributed by atoms with van der Waals surface area (Å²) >= 11 is 0. The Morgan fingerprint density at radius 2 is 1.66 bits per heavy atom. The van der Waals surface area contributed by atoms with Gasteiger partial charge in [-0.1, -0.05) is 18.2 Å². The number of nitrogens with one attached hydrogen (secondary N) is 1. The first kappa shape index (κ1) is 26.2. The van der Waals surface area contributed by atoms with Crippen LogP contribution in [0.5, 0.6) is 11.5 Å². The fraction of sp³-hybridized carbons (Fsp3) is 0.452. The Kier molecular flexibility index (Phi) is 7.20. The number of nitrogen functional groups attached to an aromatic ring is 1. The highest BCUT2D eigenvalue weighted by Gasteiger charge is 2.32. The normalized spacial score (nSPS) is 20.9. The number of imidazole rings is 1. The van der Waals surface area contributed by atoms with Crippen molar-refractivity contribution in [2.24, 2.45) is 5.92 Å². The van der Waals surface area contributed by atoms with Crippen LogP contribution in [-0.4, -0.2) is 80.8 Å². The van der Waals surface area contributed by atoms with Crippen molar-refractivity contribution >= 4 is 17.0 Å². The maximum Gasteiger partial charge on any atom is 0.335 e. The molecule has 1 unspecified atom stereocenters. The van der Waals surface area contributed by atoms with Crippen LogP contribution in [0.4, 0.5) is 5.82 Å². The summed E-state index contributed by atoms with van der Waals surface area (Å²) in [5.74, 6) is 2.55. The monoisotopic (exact) mass is 554 g/mol. The second kappa shape index (κ2) is 11.3. The number of hydrogen-bond acceptors (Lipinski definition) is 8. The molecular formula is C31H38N8O2. The van der Waals surface area contributed by atoms with Crippen molar-refractivity contribution < 1.29 is 4.74 Å². The molecule has 7 rings (SSSR count). The third kappa shape index (κ3) is 5.23. The van der Waals surface area contributed by atoms with Crippen LogP contribution in [0.1, 0.15) is 31.7 Å². The summed E-state index contributed by atoms with van der Waals surface area (Å²) in [6, 6.07) is 17.9. The first-order valence-electron chi connectivity index (χ1n) is 14.9. The first-order valence-corrected chi connectivity index (χ1v) is 14.9. The van der Waals surface area contributed by atoms with Gasteiger partial charge >= 0.3 is 5.69 Å². The molecule has 0 bridgehead atoms. The van der Waals surface area contributed by atoms with Gasteiger partial charge in [-0.3, -0.25) is 14.0 Å². The van der Waals surface area contributed by atoms with Crippen LogP contribution < -0.4 is 21.5 Å². The lowest BCUT2D eigenvalue weighted by Crippen LogP contribution is -2.58. The second-order valence-electron chi connectivity index (χ2n) is 11.7. The van der Waals surface area contributed by atoms with Crippen LogP contribution in [0.15, 0.2) is 65.7 Å². The number of ether oxygens (including phenoxy) is 1. The van der Waals surface area contributed by atoms with Crippen molar-refractivity contribution in [2.45, 2.75) is 37.8 Å². The molecule has 3 N–H and O–H groups in total. The van der Waals surface area contributed by atoms with Crippen molar-refractivity contribution in [1.29, 1.82) is 0 Å². The zero-order chi connectivity index (χ0) is 27.8. The van der Waals surface area contributed by atoms with Gasteiger partial charge in [0.2, 0.25) is 0 Å². The molecule has 214 valence electrons. The van der Waals surface area contributed by atoms with E-state index in [-0.39, 0.29) is 11.7 Å². The van der Waals surface area contributed by atoms with E-state index in [1.165, 1.54) is 38.7 Å². The van der Waals surface area contributed by atoms with Crippen molar-refractivity contribution in [3.8, 4) is 17.2 Å². The number of hydrogen-bond donors (Lipinski definition) is 2. The van der Waals surface area contributed by atoms with Crippen molar-refractivity contribution in [3.05, 3.63) is 71.4 Å². The number of rotatable bonds is 8. The van der Waals surface area contributed by atoms with E-state index < -0.39 is 0 Å². The van der Waals surface area contributed by atoms with Gasteiger partial charge in [0.25, 0.3) is 0 Å². The van der Waals surface area contributed by atoms with E-state index in [0.29, 0.717) is 28.4 Å². The Morgan fingerprint density at radius 3 is 2.39 bits per heavy atom. The number of para-hydroxylation sites is 1. The minimum absolute atomic E-state index is 0.0502. The Balaban J connectivity index is 1.06. The molecule has 0 saturated carbocycles. The predicted octanol–water partition coefficient (Wildman–Crippen LogP) is 3.28. The summed E-state index contributed by atoms with van der Waals surface area (Å²) in [5.41, 5.74) is 8.07. The SMILES string of the molecule is Nc1ncnc2c1n(-c1ccc(Oc3ccccc3)cc1)c(=O)n2C1CCN(CCC2CCN(C3CNC3)CC2)C1. The minimum Gasteiger partial charge on any atom is -0.457 e. The van der Waals surface area contributed by atoms with Gasteiger partial charge in [-0.15, -0.1) is 0 Å². The number of aromatic nitrogens is 4. The number of anilines is 1. The number of nitrogens with zero attached hydrogens (tertiary/aromatic N) is 6. The molecule has 2 aromatic heterocycles. The van der Waals surface area contributed by atoms with Crippen molar-refractivity contribution in [2.75, 3.05) is 51.5 Å². The van der Waals surface area contributed by atoms with Gasteiger partial charge in [-0.05, 0) is 87.6 Å². The lowest BCUT2D eigenvalue weighted by atomic mass is 9.92. The maximum atomic E-state index is 14.0. The molecule has 3 fully saturated rings. The van der Waals surface area contributed by atoms with Crippen LogP contribution in [0.25, 0.3) is 16.9 Å². The van der Waals surface area contributed by atoms with E-state index in [0.717, 1.165) is 56.9 Å². The van der Waals surface area contributed by atoms with Crippen LogP contribution in [0, 0.1) is 5.92 Å². The van der Waals surface area contributed by atoms with Gasteiger partial charge in [0.1, 0.15) is 23.3 Å². The summed E-state index contributed by atoms with van der Waals surface area (Å²) in [5, 5.41) is 3.39. The molecule has 1 atom stereocenters. The molecule has 10 heteroatoms. The van der Waals surface area contributed by atoms with Gasteiger partial charge < -0.3 is 20.7 Å². The average molecular weight is 555 g/mol. The number of fused-ring (bicyclic) bond motifs is 1. The third-order valence-electron chi connectivity index (χ3n) is 9.15. The summed E-state index contributed by atoms with van der Waals surface area (Å²) in [4.78, 5) is 27.9. The first-order chi connectivity index (χ1) is 20.1. The molecule has 0 amide bonds. The molecule has 2 aromatic carbocycles. The molecule has 41 heavy (non-hydrogen) atoms. The van der Waals surface area contributed by atoms with E-state index >= 15 is 0 Å². The lowest BCUT2D eigenvalue weighted by Gasteiger charge is -2.42. The molecule has 3 saturated heterocycles. The van der Waals surface area contributed by atoms with Gasteiger partial charge in [-0.25, -0.2) is 14.8 Å². The molecule has 0 radical (unpaired) electrons. The summed E-state index contributed by atoms with van der Waals surface area (Å²) in [7, 11) is 0. The molecule has 0 spiro atoms. The summed E-state index contributed by atoms with van der Waals surface area (Å²) in [6.07, 6.45) is 6.19. The number of benzene rings is 2. The van der Waals surface area contributed by atoms with Crippen LogP contribution in [0.3, 0.4) is 0 Å². The van der Waals surface area contributed by atoms with E-state index in [1.807, 2.05) is 59.2 Å². The van der Waals surface area contributed by atoms with Gasteiger partial charge in [0, 0.05) is 32.2 Å². The Labute approximate surface area is 239 Å². The third-order valence-corrected chi connectivity index (χ3v) is 9.15. The standard InChI is InChI=1S/C31H38N8O2/c32-29-28-30(35-21-34-29)39(31(40)38(28)23-6-8-27(9-7-23)41-26-4-2-1-3-5-26)24-13-15-36(20-24)14-10-22-11-16-37(17-12-22)25-18-33-19-25/h1-9,21-22,24-25,33H,10-20H2,(H2,32,34,35). The van der Waals surface area contributed by atoms with Crippen LogP contribution >= 0.6 is 0 Å². The van der Waals surface area contributed by atoms with Gasteiger partial charge in [0.05, 0.1) is 11.7 Å². The fourth-order valence-corrected chi connectivity index (χ4v) is 6.65. The predicted molar refractivity (Wildman–Crippen MR) is 160 cm³/mol. The lowest BCUT2D eigenvalue weighted by molar-refractivity contribution is 0.0934. The Morgan fingerprint density at radius 1 is 0.902 bits per heavy atom. The summed E-state index contributed by atoms with van der Waals surface area (Å²) in [6.45, 7) is 7.69. The zero-order valence-corrected chi connectivity index (χ0v) is 23.4. The number of piperidine rings is 1. The zero-order valence-electron chi connectivity index (χ0n) is 23.4. The molecule has 4 aromatic rings. The highest BCUT2D eigenvalue weighted by molar-refractivity contribution is 5.84. The molecule has 5 heterocycles. The van der Waals surface area contributed by atoms with Crippen molar-refractivity contribution in [3.63, 3.8) is 0 Å². The smallest absolute Gasteiger partial charge is 0.335 e.